The minimum Gasteiger partial charge on any atom is -0.466 e. The third kappa shape index (κ3) is 3.66. The van der Waals surface area contributed by atoms with Crippen LogP contribution in [-0.2, 0) is 13.1 Å². The Labute approximate surface area is 134 Å². The van der Waals surface area contributed by atoms with Crippen LogP contribution in [0.5, 0.6) is 0 Å². The molecule has 1 amide bonds. The molecule has 118 valence electrons. The molecule has 0 radical (unpaired) electrons. The maximum Gasteiger partial charge on any atom is 0.255 e. The van der Waals surface area contributed by atoms with E-state index in [9.17, 15) is 4.79 Å². The number of furan rings is 1. The lowest BCUT2D eigenvalue weighted by Crippen LogP contribution is -2.22. The molecule has 1 N–H and O–H groups in total. The van der Waals surface area contributed by atoms with E-state index in [1.807, 2.05) is 31.2 Å². The van der Waals surface area contributed by atoms with Crippen LogP contribution in [0.25, 0.3) is 0 Å². The van der Waals surface area contributed by atoms with Gasteiger partial charge < -0.3 is 9.73 Å². The van der Waals surface area contributed by atoms with Gasteiger partial charge in [-0.15, -0.1) is 0 Å². The van der Waals surface area contributed by atoms with E-state index in [4.69, 9.17) is 4.42 Å². The second kappa shape index (κ2) is 6.48. The molecule has 0 atom stereocenters. The highest BCUT2D eigenvalue weighted by atomic mass is 16.3. The third-order valence-corrected chi connectivity index (χ3v) is 3.57. The minimum atomic E-state index is -0.119. The Balaban J connectivity index is 1.58. The highest BCUT2D eigenvalue weighted by Gasteiger charge is 2.12. The molecule has 2 heterocycles. The number of carbonyl (C=O) groups is 1. The summed E-state index contributed by atoms with van der Waals surface area (Å²) < 4.78 is 7.14. The topological polar surface area (TPSA) is 73.0 Å². The lowest BCUT2D eigenvalue weighted by Gasteiger charge is -2.06. The molecule has 0 spiro atoms. The van der Waals surface area contributed by atoms with Crippen molar-refractivity contribution in [1.29, 1.82) is 0 Å². The molecule has 0 fully saturated rings. The SMILES string of the molecule is Cc1cc(C(=O)NCc2ccc(Cn3cncn3)cc2)c(C)o1. The fraction of sp³-hybridized carbons (Fsp3) is 0.235. The minimum absolute atomic E-state index is 0.119. The lowest BCUT2D eigenvalue weighted by molar-refractivity contribution is 0.0949. The summed E-state index contributed by atoms with van der Waals surface area (Å²) in [5.74, 6) is 1.26. The van der Waals surface area contributed by atoms with E-state index < -0.39 is 0 Å². The summed E-state index contributed by atoms with van der Waals surface area (Å²) in [5, 5.41) is 6.98. The van der Waals surface area contributed by atoms with Gasteiger partial charge in [0, 0.05) is 6.54 Å². The van der Waals surface area contributed by atoms with Gasteiger partial charge in [-0.1, -0.05) is 24.3 Å². The molecule has 1 aromatic carbocycles. The number of rotatable bonds is 5. The highest BCUT2D eigenvalue weighted by molar-refractivity contribution is 5.95. The fourth-order valence-electron chi connectivity index (χ4n) is 2.40. The molecular weight excluding hydrogens is 292 g/mol. The molecular formula is C17H18N4O2. The average Bonchev–Trinajstić information content (AvgIpc) is 3.15. The normalized spacial score (nSPS) is 10.7. The standard InChI is InChI=1S/C17H18N4O2/c1-12-7-16(13(2)23-12)17(22)19-8-14-3-5-15(6-4-14)9-21-11-18-10-20-21/h3-7,10-11H,8-9H2,1-2H3,(H,19,22). The van der Waals surface area contributed by atoms with Crippen LogP contribution in [0.1, 0.15) is 33.0 Å². The molecule has 0 unspecified atom stereocenters. The van der Waals surface area contributed by atoms with Gasteiger partial charge in [-0.05, 0) is 31.0 Å². The predicted molar refractivity (Wildman–Crippen MR) is 84.9 cm³/mol. The first-order valence-electron chi connectivity index (χ1n) is 7.37. The van der Waals surface area contributed by atoms with E-state index in [1.54, 1.807) is 24.0 Å². The highest BCUT2D eigenvalue weighted by Crippen LogP contribution is 2.13. The maximum atomic E-state index is 12.1. The Bertz CT molecular complexity index is 789. The van der Waals surface area contributed by atoms with Crippen LogP contribution < -0.4 is 5.32 Å². The summed E-state index contributed by atoms with van der Waals surface area (Å²) in [4.78, 5) is 16.1. The lowest BCUT2D eigenvalue weighted by atomic mass is 10.1. The largest absolute Gasteiger partial charge is 0.466 e. The van der Waals surface area contributed by atoms with Crippen molar-refractivity contribution in [3.05, 3.63) is 71.2 Å². The Kier molecular flexibility index (Phi) is 4.23. The summed E-state index contributed by atoms with van der Waals surface area (Å²) in [5.41, 5.74) is 2.76. The molecule has 2 aromatic heterocycles. The van der Waals surface area contributed by atoms with Gasteiger partial charge in [-0.3, -0.25) is 4.79 Å². The van der Waals surface area contributed by atoms with Crippen molar-refractivity contribution >= 4 is 5.91 Å². The molecule has 0 aliphatic heterocycles. The predicted octanol–water partition coefficient (Wildman–Crippen LogP) is 2.47. The Morgan fingerprint density at radius 3 is 2.57 bits per heavy atom. The summed E-state index contributed by atoms with van der Waals surface area (Å²) in [6.07, 6.45) is 3.20. The Morgan fingerprint density at radius 2 is 1.96 bits per heavy atom. The number of benzene rings is 1. The van der Waals surface area contributed by atoms with Crippen LogP contribution in [-0.4, -0.2) is 20.7 Å². The number of aryl methyl sites for hydroxylation is 2. The van der Waals surface area contributed by atoms with E-state index in [2.05, 4.69) is 15.4 Å². The van der Waals surface area contributed by atoms with Crippen LogP contribution in [0.15, 0.2) is 47.4 Å². The second-order valence-corrected chi connectivity index (χ2v) is 5.42. The molecule has 0 aliphatic carbocycles. The summed E-state index contributed by atoms with van der Waals surface area (Å²) >= 11 is 0. The van der Waals surface area contributed by atoms with E-state index in [1.165, 1.54) is 6.33 Å². The second-order valence-electron chi connectivity index (χ2n) is 5.42. The molecule has 3 rings (SSSR count). The first kappa shape index (κ1) is 15.0. The fourth-order valence-corrected chi connectivity index (χ4v) is 2.40. The Morgan fingerprint density at radius 1 is 1.22 bits per heavy atom. The van der Waals surface area contributed by atoms with Crippen LogP contribution in [0.2, 0.25) is 0 Å². The van der Waals surface area contributed by atoms with E-state index >= 15 is 0 Å². The first-order valence-corrected chi connectivity index (χ1v) is 7.37. The number of nitrogens with zero attached hydrogens (tertiary/aromatic N) is 3. The average molecular weight is 310 g/mol. The quantitative estimate of drug-likeness (QED) is 0.785. The smallest absolute Gasteiger partial charge is 0.255 e. The van der Waals surface area contributed by atoms with Crippen molar-refractivity contribution in [1.82, 2.24) is 20.1 Å². The van der Waals surface area contributed by atoms with Crippen molar-refractivity contribution < 1.29 is 9.21 Å². The van der Waals surface area contributed by atoms with Gasteiger partial charge in [0.15, 0.2) is 0 Å². The van der Waals surface area contributed by atoms with Gasteiger partial charge in [-0.2, -0.15) is 5.10 Å². The zero-order valence-corrected chi connectivity index (χ0v) is 13.1. The number of nitrogens with one attached hydrogen (secondary N) is 1. The molecule has 6 heteroatoms. The van der Waals surface area contributed by atoms with Crippen molar-refractivity contribution in [3.63, 3.8) is 0 Å². The molecule has 6 nitrogen and oxygen atoms in total. The van der Waals surface area contributed by atoms with Crippen LogP contribution in [0, 0.1) is 13.8 Å². The van der Waals surface area contributed by atoms with Crippen LogP contribution in [0.4, 0.5) is 0 Å². The van der Waals surface area contributed by atoms with Crippen LogP contribution in [0.3, 0.4) is 0 Å². The number of hydrogen-bond acceptors (Lipinski definition) is 4. The van der Waals surface area contributed by atoms with Gasteiger partial charge >= 0.3 is 0 Å². The van der Waals surface area contributed by atoms with Crippen LogP contribution >= 0.6 is 0 Å². The van der Waals surface area contributed by atoms with Crippen molar-refractivity contribution in [2.24, 2.45) is 0 Å². The zero-order valence-electron chi connectivity index (χ0n) is 13.1. The molecule has 0 saturated carbocycles. The van der Waals surface area contributed by atoms with Crippen molar-refractivity contribution in [2.75, 3.05) is 0 Å². The summed E-state index contributed by atoms with van der Waals surface area (Å²) in [6.45, 7) is 4.78. The van der Waals surface area contributed by atoms with Crippen molar-refractivity contribution in [2.45, 2.75) is 26.9 Å². The number of amides is 1. The summed E-state index contributed by atoms with van der Waals surface area (Å²) in [7, 11) is 0. The van der Waals surface area contributed by atoms with E-state index in [0.29, 0.717) is 24.4 Å². The van der Waals surface area contributed by atoms with Gasteiger partial charge in [0.2, 0.25) is 0 Å². The first-order chi connectivity index (χ1) is 11.1. The number of hydrogen-bond donors (Lipinski definition) is 1. The van der Waals surface area contributed by atoms with Gasteiger partial charge in [0.25, 0.3) is 5.91 Å². The molecule has 0 aliphatic rings. The molecule has 0 bridgehead atoms. The maximum absolute atomic E-state index is 12.1. The van der Waals surface area contributed by atoms with E-state index in [-0.39, 0.29) is 5.91 Å². The number of carbonyl (C=O) groups excluding carboxylic acids is 1. The van der Waals surface area contributed by atoms with Gasteiger partial charge in [-0.25, -0.2) is 9.67 Å². The number of aromatic nitrogens is 3. The summed E-state index contributed by atoms with van der Waals surface area (Å²) in [6, 6.07) is 9.80. The molecule has 23 heavy (non-hydrogen) atoms. The Hall–Kier alpha value is -2.89. The molecule has 0 saturated heterocycles. The zero-order chi connectivity index (χ0) is 16.2. The van der Waals surface area contributed by atoms with Gasteiger partial charge in [0.1, 0.15) is 24.2 Å². The van der Waals surface area contributed by atoms with Gasteiger partial charge in [0.05, 0.1) is 12.1 Å². The third-order valence-electron chi connectivity index (χ3n) is 3.57. The van der Waals surface area contributed by atoms with Crippen molar-refractivity contribution in [3.8, 4) is 0 Å². The molecule has 3 aromatic rings. The van der Waals surface area contributed by atoms with E-state index in [0.717, 1.165) is 16.9 Å². The monoisotopic (exact) mass is 310 g/mol.